The second-order valence-corrected chi connectivity index (χ2v) is 4.93. The van der Waals surface area contributed by atoms with Crippen molar-refractivity contribution in [3.05, 3.63) is 55.6 Å². The summed E-state index contributed by atoms with van der Waals surface area (Å²) in [5, 5.41) is 21.3. The van der Waals surface area contributed by atoms with Gasteiger partial charge in [-0.1, -0.05) is 0 Å². The minimum Gasteiger partial charge on any atom is -0.298 e. The van der Waals surface area contributed by atoms with Crippen LogP contribution < -0.4 is 0 Å². The molecule has 0 unspecified atom stereocenters. The monoisotopic (exact) mass is 278 g/mol. The minimum atomic E-state index is -1.24. The Hall–Kier alpha value is -2.57. The van der Waals surface area contributed by atoms with Crippen LogP contribution in [0.1, 0.15) is 25.8 Å². The Bertz CT molecular complexity index is 561. The first-order valence-electron chi connectivity index (χ1n) is 5.81. The van der Waals surface area contributed by atoms with Crippen LogP contribution in [0.4, 0.5) is 5.69 Å². The molecule has 0 amide bonds. The molecule has 0 radical (unpaired) electrons. The molecular formula is C13H14N2O5. The van der Waals surface area contributed by atoms with Crippen molar-refractivity contribution in [1.82, 2.24) is 0 Å². The van der Waals surface area contributed by atoms with Gasteiger partial charge >= 0.3 is 0 Å². The number of nitro groups is 2. The van der Waals surface area contributed by atoms with Crippen molar-refractivity contribution >= 4 is 18.0 Å². The van der Waals surface area contributed by atoms with E-state index in [-0.39, 0.29) is 17.7 Å². The fraction of sp³-hybridized carbons (Fsp3) is 0.308. The van der Waals surface area contributed by atoms with E-state index in [1.807, 2.05) is 0 Å². The van der Waals surface area contributed by atoms with Gasteiger partial charge in [0.05, 0.1) is 4.92 Å². The number of non-ortho nitro benzene ring substituents is 1. The number of hydrogen-bond donors (Lipinski definition) is 0. The quantitative estimate of drug-likeness (QED) is 0.344. The molecule has 1 aromatic carbocycles. The molecule has 0 bridgehead atoms. The summed E-state index contributed by atoms with van der Waals surface area (Å²) in [4.78, 5) is 31.4. The van der Waals surface area contributed by atoms with Crippen molar-refractivity contribution in [1.29, 1.82) is 0 Å². The van der Waals surface area contributed by atoms with Crippen LogP contribution in [-0.4, -0.2) is 21.7 Å². The first kappa shape index (κ1) is 15.5. The lowest BCUT2D eigenvalue weighted by molar-refractivity contribution is -0.559. The molecule has 0 aromatic heterocycles. The predicted molar refractivity (Wildman–Crippen MR) is 72.8 cm³/mol. The normalized spacial score (nSPS) is 12.0. The number of nitrogens with zero attached hydrogens (tertiary/aromatic N) is 2. The second-order valence-electron chi connectivity index (χ2n) is 4.93. The highest BCUT2D eigenvalue weighted by molar-refractivity contribution is 5.81. The Labute approximate surface area is 115 Å². The molecule has 106 valence electrons. The smallest absolute Gasteiger partial charge is 0.269 e. The topological polar surface area (TPSA) is 103 Å². The molecule has 1 rings (SSSR count). The van der Waals surface area contributed by atoms with Crippen LogP contribution in [0.15, 0.2) is 29.8 Å². The molecule has 0 saturated carbocycles. The van der Waals surface area contributed by atoms with Gasteiger partial charge in [0.25, 0.3) is 5.69 Å². The molecule has 0 aliphatic carbocycles. The predicted octanol–water partition coefficient (Wildman–Crippen LogP) is 2.62. The van der Waals surface area contributed by atoms with Gasteiger partial charge in [-0.3, -0.25) is 25.0 Å². The zero-order chi connectivity index (χ0) is 15.3. The van der Waals surface area contributed by atoms with Crippen LogP contribution in [0.5, 0.6) is 0 Å². The molecule has 0 atom stereocenters. The Balaban J connectivity index is 2.97. The zero-order valence-corrected chi connectivity index (χ0v) is 11.1. The zero-order valence-electron chi connectivity index (χ0n) is 11.1. The lowest BCUT2D eigenvalue weighted by Crippen LogP contribution is -2.31. The number of carbonyl (C=O) groups excluding carboxylic acids is 1. The van der Waals surface area contributed by atoms with Crippen LogP contribution in [0.2, 0.25) is 0 Å². The van der Waals surface area contributed by atoms with Crippen molar-refractivity contribution < 1.29 is 14.6 Å². The van der Waals surface area contributed by atoms with Crippen molar-refractivity contribution in [2.75, 3.05) is 0 Å². The minimum absolute atomic E-state index is 0.0134. The lowest BCUT2D eigenvalue weighted by atomic mass is 9.95. The van der Waals surface area contributed by atoms with E-state index in [4.69, 9.17) is 0 Å². The number of benzene rings is 1. The molecule has 0 aliphatic heterocycles. The van der Waals surface area contributed by atoms with Gasteiger partial charge < -0.3 is 0 Å². The van der Waals surface area contributed by atoms with Gasteiger partial charge in [0.2, 0.25) is 5.54 Å². The Morgan fingerprint density at radius 1 is 1.20 bits per heavy atom. The maximum absolute atomic E-state index is 11.0. The third kappa shape index (κ3) is 3.98. The van der Waals surface area contributed by atoms with E-state index in [1.54, 1.807) is 0 Å². The molecule has 0 spiro atoms. The first-order valence-corrected chi connectivity index (χ1v) is 5.81. The van der Waals surface area contributed by atoms with Crippen LogP contribution in [0.3, 0.4) is 0 Å². The maximum atomic E-state index is 11.0. The first-order chi connectivity index (χ1) is 9.26. The van der Waals surface area contributed by atoms with Crippen LogP contribution in [0.25, 0.3) is 6.08 Å². The summed E-state index contributed by atoms with van der Waals surface area (Å²) in [5.74, 6) is 0. The number of carbonyl (C=O) groups is 1. The third-order valence-electron chi connectivity index (χ3n) is 2.74. The van der Waals surface area contributed by atoms with Crippen LogP contribution in [-0.2, 0) is 4.79 Å². The Morgan fingerprint density at radius 3 is 2.15 bits per heavy atom. The summed E-state index contributed by atoms with van der Waals surface area (Å²) < 4.78 is 0. The molecule has 1 aromatic rings. The average molecular weight is 278 g/mol. The van der Waals surface area contributed by atoms with Gasteiger partial charge in [-0.25, -0.2) is 0 Å². The van der Waals surface area contributed by atoms with Gasteiger partial charge in [0, 0.05) is 37.3 Å². The van der Waals surface area contributed by atoms with E-state index in [2.05, 4.69) is 0 Å². The van der Waals surface area contributed by atoms with E-state index < -0.39 is 15.4 Å². The summed E-state index contributed by atoms with van der Waals surface area (Å²) in [6, 6.07) is 5.60. The number of rotatable bonds is 6. The fourth-order valence-electron chi connectivity index (χ4n) is 1.60. The van der Waals surface area contributed by atoms with Crippen molar-refractivity contribution in [2.24, 2.45) is 0 Å². The highest BCUT2D eigenvalue weighted by Crippen LogP contribution is 2.21. The summed E-state index contributed by atoms with van der Waals surface area (Å²) in [5.41, 5.74) is -0.453. The van der Waals surface area contributed by atoms with Gasteiger partial charge in [-0.15, -0.1) is 0 Å². The van der Waals surface area contributed by atoms with E-state index in [9.17, 15) is 25.0 Å². The van der Waals surface area contributed by atoms with Gasteiger partial charge in [0.15, 0.2) is 0 Å². The summed E-state index contributed by atoms with van der Waals surface area (Å²) in [7, 11) is 0. The largest absolute Gasteiger partial charge is 0.298 e. The summed E-state index contributed by atoms with van der Waals surface area (Å²) in [6.45, 7) is 2.86. The standard InChI is InChI=1S/C13H14N2O5/c1-13(2,15(19)20)8-11(9-16)7-10-3-5-12(6-4-10)14(17)18/h3-7,9H,8H2,1-2H3/b11-7+. The summed E-state index contributed by atoms with van der Waals surface area (Å²) in [6.07, 6.45) is 2.04. The molecule has 7 heteroatoms. The van der Waals surface area contributed by atoms with Gasteiger partial charge in [-0.2, -0.15) is 0 Å². The second kappa shape index (κ2) is 6.05. The third-order valence-corrected chi connectivity index (χ3v) is 2.74. The number of aldehydes is 1. The molecule has 20 heavy (non-hydrogen) atoms. The van der Waals surface area contributed by atoms with Crippen molar-refractivity contribution in [3.63, 3.8) is 0 Å². The van der Waals surface area contributed by atoms with Crippen LogP contribution in [0, 0.1) is 20.2 Å². The number of nitro benzene ring substituents is 1. The molecule has 0 aliphatic rings. The van der Waals surface area contributed by atoms with Gasteiger partial charge in [-0.05, 0) is 29.3 Å². The molecule has 7 nitrogen and oxygen atoms in total. The molecule has 0 fully saturated rings. The van der Waals surface area contributed by atoms with Gasteiger partial charge in [0.1, 0.15) is 6.29 Å². The van der Waals surface area contributed by atoms with Crippen molar-refractivity contribution in [2.45, 2.75) is 25.8 Å². The number of hydrogen-bond acceptors (Lipinski definition) is 5. The van der Waals surface area contributed by atoms with E-state index in [0.717, 1.165) is 0 Å². The molecular weight excluding hydrogens is 264 g/mol. The maximum Gasteiger partial charge on any atom is 0.269 e. The molecule has 0 N–H and O–H groups in total. The highest BCUT2D eigenvalue weighted by atomic mass is 16.6. The van der Waals surface area contributed by atoms with E-state index in [0.29, 0.717) is 11.8 Å². The summed E-state index contributed by atoms with van der Waals surface area (Å²) >= 11 is 0. The van der Waals surface area contributed by atoms with Crippen molar-refractivity contribution in [3.8, 4) is 0 Å². The van der Waals surface area contributed by atoms with Crippen LogP contribution >= 0.6 is 0 Å². The van der Waals surface area contributed by atoms with E-state index >= 15 is 0 Å². The molecule has 0 heterocycles. The Morgan fingerprint density at radius 2 is 1.75 bits per heavy atom. The average Bonchev–Trinajstić information content (AvgIpc) is 2.38. The Kier molecular flexibility index (Phi) is 4.68. The lowest BCUT2D eigenvalue weighted by Gasteiger charge is -2.15. The van der Waals surface area contributed by atoms with E-state index in [1.165, 1.54) is 44.2 Å². The molecule has 0 saturated heterocycles. The SMILES string of the molecule is CC(C)(C/C(C=O)=C\c1ccc([N+](=O)[O-])cc1)[N+](=O)[O-]. The highest BCUT2D eigenvalue weighted by Gasteiger charge is 2.31. The fourth-order valence-corrected chi connectivity index (χ4v) is 1.60.